The molecule has 2 bridgehead atoms. The van der Waals surface area contributed by atoms with Gasteiger partial charge in [-0.3, -0.25) is 9.69 Å². The minimum atomic E-state index is -0.631. The molecule has 8 heteroatoms. The van der Waals surface area contributed by atoms with Gasteiger partial charge in [-0.1, -0.05) is 36.4 Å². The number of halogens is 1. The molecule has 0 radical (unpaired) electrons. The summed E-state index contributed by atoms with van der Waals surface area (Å²) in [6.07, 6.45) is 5.46. The molecule has 4 heterocycles. The number of rotatable bonds is 4. The molecule has 40 heavy (non-hydrogen) atoms. The topological polar surface area (TPSA) is 73.1 Å². The van der Waals surface area contributed by atoms with Gasteiger partial charge in [0.15, 0.2) is 0 Å². The lowest BCUT2D eigenvalue weighted by atomic mass is 9.85. The van der Waals surface area contributed by atoms with Crippen molar-refractivity contribution in [2.45, 2.75) is 68.7 Å². The molecule has 7 nitrogen and oxygen atoms in total. The lowest BCUT2D eigenvalue weighted by molar-refractivity contribution is -0.136. The highest BCUT2D eigenvalue weighted by atomic mass is 19.1. The highest BCUT2D eigenvalue weighted by molar-refractivity contribution is 5.94. The molecule has 1 spiro atoms. The van der Waals surface area contributed by atoms with Gasteiger partial charge in [0.25, 0.3) is 0 Å². The summed E-state index contributed by atoms with van der Waals surface area (Å²) in [6, 6.07) is 22.2. The van der Waals surface area contributed by atoms with Crippen molar-refractivity contribution in [3.8, 4) is 0 Å². The number of carbonyl (C=O) groups is 2. The zero-order chi connectivity index (χ0) is 27.4. The van der Waals surface area contributed by atoms with E-state index in [1.54, 1.807) is 11.0 Å². The molecule has 4 saturated heterocycles. The molecule has 0 aliphatic carbocycles. The first kappa shape index (κ1) is 25.3. The van der Waals surface area contributed by atoms with Gasteiger partial charge in [-0.15, -0.1) is 0 Å². The van der Waals surface area contributed by atoms with Gasteiger partial charge in [-0.2, -0.15) is 0 Å². The Morgan fingerprint density at radius 2 is 1.57 bits per heavy atom. The van der Waals surface area contributed by atoms with E-state index in [9.17, 15) is 14.0 Å². The van der Waals surface area contributed by atoms with Gasteiger partial charge in [-0.25, -0.2) is 9.18 Å². The Kier molecular flexibility index (Phi) is 6.18. The Morgan fingerprint density at radius 1 is 0.900 bits per heavy atom. The van der Waals surface area contributed by atoms with Crippen LogP contribution in [0.3, 0.4) is 0 Å². The summed E-state index contributed by atoms with van der Waals surface area (Å²) < 4.78 is 13.6. The molecule has 4 aliphatic heterocycles. The quantitative estimate of drug-likeness (QED) is 0.520. The predicted octanol–water partition coefficient (Wildman–Crippen LogP) is 4.69. The number of likely N-dealkylation sites (tertiary alicyclic amines) is 1. The minimum absolute atomic E-state index is 0.206. The number of nitrogens with two attached hydrogens (primary N) is 1. The second-order valence-corrected chi connectivity index (χ2v) is 12.0. The van der Waals surface area contributed by atoms with Crippen LogP contribution in [0.15, 0.2) is 66.7 Å². The maximum Gasteiger partial charge on any atom is 0.314 e. The molecule has 7 rings (SSSR count). The summed E-state index contributed by atoms with van der Waals surface area (Å²) in [5, 5.41) is 1.99. The molecule has 3 aromatic rings. The molecule has 3 aromatic carbocycles. The van der Waals surface area contributed by atoms with Crippen LogP contribution in [0.25, 0.3) is 10.8 Å². The van der Waals surface area contributed by atoms with E-state index < -0.39 is 11.6 Å². The molecule has 4 aliphatic rings. The summed E-state index contributed by atoms with van der Waals surface area (Å²) in [5.74, 6) is 0.00273. The molecule has 0 aromatic heterocycles. The van der Waals surface area contributed by atoms with Crippen LogP contribution < -0.4 is 10.6 Å². The first-order valence-electron chi connectivity index (χ1n) is 14.5. The van der Waals surface area contributed by atoms with E-state index in [1.165, 1.54) is 11.6 Å². The number of hydrogen-bond acceptors (Lipinski definition) is 4. The lowest BCUT2D eigenvalue weighted by Gasteiger charge is -2.43. The smallest absolute Gasteiger partial charge is 0.314 e. The standard InChI is InChI=1S/C32H36FN5O2/c33-25-9-8-23-16-22(6-7-24(23)17-25)20-36-27-10-11-28(36)19-29(18-27)37-21-38(26-4-2-1-3-5-26)32(30(37)39)12-14-35(15-13-32)31(34)40/h1-9,16-17,27-29H,10-15,18-21H2,(H2,34,40). The summed E-state index contributed by atoms with van der Waals surface area (Å²) in [5.41, 5.74) is 7.26. The van der Waals surface area contributed by atoms with Gasteiger partial charge in [0.1, 0.15) is 11.4 Å². The van der Waals surface area contributed by atoms with Crippen LogP contribution in [0.5, 0.6) is 0 Å². The Labute approximate surface area is 234 Å². The monoisotopic (exact) mass is 541 g/mol. The molecule has 3 amide bonds. The Balaban J connectivity index is 1.10. The van der Waals surface area contributed by atoms with Crippen LogP contribution >= 0.6 is 0 Å². The number of para-hydroxylation sites is 1. The fraction of sp³-hybridized carbons (Fsp3) is 0.438. The van der Waals surface area contributed by atoms with E-state index in [-0.39, 0.29) is 17.8 Å². The van der Waals surface area contributed by atoms with E-state index in [2.05, 4.69) is 39.0 Å². The number of urea groups is 1. The first-order valence-corrected chi connectivity index (χ1v) is 14.5. The highest BCUT2D eigenvalue weighted by Crippen LogP contribution is 2.44. The fourth-order valence-electron chi connectivity index (χ4n) is 7.87. The third kappa shape index (κ3) is 4.20. The number of anilines is 1. The summed E-state index contributed by atoms with van der Waals surface area (Å²) in [7, 11) is 0. The average Bonchev–Trinajstić information content (AvgIpc) is 3.36. The SMILES string of the molecule is NC(=O)N1CCC2(CC1)C(=O)N(C1CC3CCC(C1)N3Cc1ccc3cc(F)ccc3c1)CN2c1ccccc1. The summed E-state index contributed by atoms with van der Waals surface area (Å²) in [4.78, 5) is 34.9. The van der Waals surface area contributed by atoms with Crippen molar-refractivity contribution in [3.63, 3.8) is 0 Å². The van der Waals surface area contributed by atoms with Crippen molar-refractivity contribution >= 4 is 28.4 Å². The van der Waals surface area contributed by atoms with E-state index in [1.807, 2.05) is 30.3 Å². The maximum atomic E-state index is 14.3. The van der Waals surface area contributed by atoms with E-state index in [0.717, 1.165) is 48.7 Å². The molecule has 0 saturated carbocycles. The van der Waals surface area contributed by atoms with Crippen LogP contribution in [-0.4, -0.2) is 70.1 Å². The summed E-state index contributed by atoms with van der Waals surface area (Å²) in [6.45, 7) is 2.47. The lowest BCUT2D eigenvalue weighted by Crippen LogP contribution is -2.58. The van der Waals surface area contributed by atoms with E-state index in [0.29, 0.717) is 44.7 Å². The zero-order valence-electron chi connectivity index (χ0n) is 22.7. The van der Waals surface area contributed by atoms with Crippen LogP contribution in [-0.2, 0) is 11.3 Å². The van der Waals surface area contributed by atoms with Crippen molar-refractivity contribution in [2.24, 2.45) is 5.73 Å². The predicted molar refractivity (Wildman–Crippen MR) is 153 cm³/mol. The van der Waals surface area contributed by atoms with Crippen molar-refractivity contribution in [3.05, 3.63) is 78.1 Å². The maximum absolute atomic E-state index is 14.3. The Hall–Kier alpha value is -3.65. The van der Waals surface area contributed by atoms with Gasteiger partial charge in [-0.05, 0) is 85.2 Å². The second kappa shape index (κ2) is 9.77. The molecule has 2 N–H and O–H groups in total. The molecular weight excluding hydrogens is 505 g/mol. The van der Waals surface area contributed by atoms with Gasteiger partial charge in [0.05, 0.1) is 6.67 Å². The van der Waals surface area contributed by atoms with Crippen molar-refractivity contribution < 1.29 is 14.0 Å². The van der Waals surface area contributed by atoms with Gasteiger partial charge < -0.3 is 20.4 Å². The number of primary amides is 1. The highest BCUT2D eigenvalue weighted by Gasteiger charge is 2.56. The molecule has 4 fully saturated rings. The number of benzene rings is 3. The van der Waals surface area contributed by atoms with Crippen LogP contribution in [0.1, 0.15) is 44.1 Å². The van der Waals surface area contributed by atoms with E-state index in [4.69, 9.17) is 5.73 Å². The van der Waals surface area contributed by atoms with Gasteiger partial charge in [0, 0.05) is 43.4 Å². The molecule has 2 atom stereocenters. The van der Waals surface area contributed by atoms with Crippen molar-refractivity contribution in [1.82, 2.24) is 14.7 Å². The van der Waals surface area contributed by atoms with E-state index >= 15 is 0 Å². The average molecular weight is 542 g/mol. The molecular formula is C32H36FN5O2. The largest absolute Gasteiger partial charge is 0.351 e. The number of fused-ring (bicyclic) bond motifs is 3. The zero-order valence-corrected chi connectivity index (χ0v) is 22.7. The number of nitrogens with zero attached hydrogens (tertiary/aromatic N) is 4. The van der Waals surface area contributed by atoms with Crippen molar-refractivity contribution in [1.29, 1.82) is 0 Å². The van der Waals surface area contributed by atoms with Crippen LogP contribution in [0.4, 0.5) is 14.9 Å². The summed E-state index contributed by atoms with van der Waals surface area (Å²) >= 11 is 0. The number of hydrogen-bond donors (Lipinski definition) is 1. The molecule has 208 valence electrons. The second-order valence-electron chi connectivity index (χ2n) is 12.0. The van der Waals surface area contributed by atoms with Crippen LogP contribution in [0.2, 0.25) is 0 Å². The normalized spacial score (nSPS) is 26.3. The Bertz CT molecular complexity index is 1430. The number of carbonyl (C=O) groups excluding carboxylic acids is 2. The fourth-order valence-corrected chi connectivity index (χ4v) is 7.87. The van der Waals surface area contributed by atoms with Gasteiger partial charge in [0.2, 0.25) is 5.91 Å². The third-order valence-corrected chi connectivity index (χ3v) is 9.97. The Morgan fingerprint density at radius 3 is 2.27 bits per heavy atom. The van der Waals surface area contributed by atoms with Crippen LogP contribution in [0, 0.1) is 5.82 Å². The number of amides is 3. The van der Waals surface area contributed by atoms with Gasteiger partial charge >= 0.3 is 6.03 Å². The van der Waals surface area contributed by atoms with Crippen molar-refractivity contribution in [2.75, 3.05) is 24.7 Å². The molecule has 2 unspecified atom stereocenters. The number of piperidine rings is 2. The first-order chi connectivity index (χ1) is 19.4. The minimum Gasteiger partial charge on any atom is -0.351 e. The third-order valence-electron chi connectivity index (χ3n) is 9.97.